The summed E-state index contributed by atoms with van der Waals surface area (Å²) in [5.41, 5.74) is 1.95. The molecule has 1 fully saturated rings. The van der Waals surface area contributed by atoms with Crippen LogP contribution in [0.25, 0.3) is 11.2 Å². The number of hydrogen-bond donors (Lipinski definition) is 1. The molecule has 0 aliphatic carbocycles. The van der Waals surface area contributed by atoms with E-state index in [1.807, 2.05) is 34.7 Å². The monoisotopic (exact) mass is 531 g/mol. The molecule has 1 N–H and O–H groups in total. The molecular formula is C25H33N5O4S2. The Morgan fingerprint density at radius 3 is 2.61 bits per heavy atom. The first-order valence-electron chi connectivity index (χ1n) is 11.9. The largest absolute Gasteiger partial charge is 0.444 e. The Morgan fingerprint density at radius 1 is 1.22 bits per heavy atom. The van der Waals surface area contributed by atoms with Crippen LogP contribution in [0.2, 0.25) is 0 Å². The average molecular weight is 532 g/mol. The molecule has 0 radical (unpaired) electrons. The van der Waals surface area contributed by atoms with Crippen LogP contribution in [-0.4, -0.2) is 64.3 Å². The molecule has 2 aromatic heterocycles. The number of piperidine rings is 1. The molecule has 9 nitrogen and oxygen atoms in total. The van der Waals surface area contributed by atoms with E-state index in [0.717, 1.165) is 18.4 Å². The third kappa shape index (κ3) is 5.84. The first-order chi connectivity index (χ1) is 17.0. The first-order valence-corrected chi connectivity index (χ1v) is 14.3. The molecule has 4 rings (SSSR count). The number of likely N-dealkylation sites (tertiary alicyclic amines) is 1. The molecule has 3 aromatic rings. The minimum absolute atomic E-state index is 0.164. The van der Waals surface area contributed by atoms with Gasteiger partial charge in [0.05, 0.1) is 22.2 Å². The van der Waals surface area contributed by atoms with Crippen LogP contribution in [0.4, 0.5) is 4.79 Å². The van der Waals surface area contributed by atoms with Gasteiger partial charge in [0.15, 0.2) is 5.65 Å². The Kier molecular flexibility index (Phi) is 7.63. The van der Waals surface area contributed by atoms with E-state index < -0.39 is 15.6 Å². The molecule has 1 aliphatic rings. The Balaban J connectivity index is 1.51. The number of aromatic nitrogens is 3. The summed E-state index contributed by atoms with van der Waals surface area (Å²) in [5.74, 6) is 0. The Hall–Kier alpha value is -2.63. The van der Waals surface area contributed by atoms with Crippen molar-refractivity contribution in [3.8, 4) is 0 Å². The standard InChI is InChI=1S/C25H33N5O4S2/c1-17-8-10-19(11-9-17)36(32,33)30-14-12-20-22(30)27-15-21(28-20)23(26-5)35-18-7-6-13-29(16-18)24(31)34-25(2,3)4/h8-12,14-15,18,23,26H,6-7,13,16H2,1-5H3/t18-,23-/m1/s1. The number of rotatable bonds is 6. The number of nitrogens with one attached hydrogen (secondary N) is 1. The Labute approximate surface area is 216 Å². The van der Waals surface area contributed by atoms with Crippen LogP contribution in [0.3, 0.4) is 0 Å². The van der Waals surface area contributed by atoms with Crippen LogP contribution in [0.1, 0.15) is 50.2 Å². The van der Waals surface area contributed by atoms with Crippen molar-refractivity contribution in [3.05, 3.63) is 54.0 Å². The summed E-state index contributed by atoms with van der Waals surface area (Å²) in [7, 11) is -1.93. The van der Waals surface area contributed by atoms with Gasteiger partial charge in [-0.15, -0.1) is 11.8 Å². The van der Waals surface area contributed by atoms with E-state index in [1.165, 1.54) is 10.2 Å². The van der Waals surface area contributed by atoms with E-state index in [2.05, 4.69) is 10.3 Å². The number of carbonyl (C=O) groups is 1. The van der Waals surface area contributed by atoms with Gasteiger partial charge in [-0.25, -0.2) is 27.2 Å². The van der Waals surface area contributed by atoms with Gasteiger partial charge in [0.25, 0.3) is 10.0 Å². The van der Waals surface area contributed by atoms with Gasteiger partial charge in [-0.05, 0) is 65.8 Å². The molecule has 1 aromatic carbocycles. The highest BCUT2D eigenvalue weighted by Crippen LogP contribution is 2.34. The smallest absolute Gasteiger partial charge is 0.410 e. The van der Waals surface area contributed by atoms with Crippen molar-refractivity contribution in [2.45, 2.75) is 61.7 Å². The fourth-order valence-electron chi connectivity index (χ4n) is 4.07. The molecule has 194 valence electrons. The number of hydrogen-bond acceptors (Lipinski definition) is 8. The van der Waals surface area contributed by atoms with E-state index in [4.69, 9.17) is 9.72 Å². The van der Waals surface area contributed by atoms with Crippen molar-refractivity contribution in [3.63, 3.8) is 0 Å². The van der Waals surface area contributed by atoms with Gasteiger partial charge in [0, 0.05) is 24.5 Å². The number of nitrogens with zero attached hydrogens (tertiary/aromatic N) is 4. The molecule has 0 bridgehead atoms. The fourth-order valence-corrected chi connectivity index (χ4v) is 6.70. The SMILES string of the molecule is CN[C@H](S[C@@H]1CCCN(C(=O)OC(C)(C)C)C1)c1cnc2c(ccn2S(=O)(=O)c2ccc(C)cc2)n1. The number of aryl methyl sites for hydroxylation is 1. The highest BCUT2D eigenvalue weighted by Gasteiger charge is 2.30. The molecule has 1 saturated heterocycles. The molecular weight excluding hydrogens is 498 g/mol. The zero-order chi connectivity index (χ0) is 26.1. The number of amides is 1. The maximum atomic E-state index is 13.2. The predicted octanol–water partition coefficient (Wildman–Crippen LogP) is 4.33. The second-order valence-electron chi connectivity index (χ2n) is 9.93. The van der Waals surface area contributed by atoms with Crippen LogP contribution < -0.4 is 5.32 Å². The lowest BCUT2D eigenvalue weighted by Crippen LogP contribution is -2.44. The van der Waals surface area contributed by atoms with Gasteiger partial charge in [-0.1, -0.05) is 17.7 Å². The van der Waals surface area contributed by atoms with Crippen LogP contribution in [0, 0.1) is 6.92 Å². The van der Waals surface area contributed by atoms with E-state index in [-0.39, 0.29) is 27.3 Å². The molecule has 36 heavy (non-hydrogen) atoms. The molecule has 1 aliphatic heterocycles. The van der Waals surface area contributed by atoms with Crippen molar-refractivity contribution < 1.29 is 17.9 Å². The number of fused-ring (bicyclic) bond motifs is 1. The predicted molar refractivity (Wildman–Crippen MR) is 142 cm³/mol. The fraction of sp³-hybridized carbons (Fsp3) is 0.480. The number of carbonyl (C=O) groups excluding carboxylic acids is 1. The minimum atomic E-state index is -3.78. The van der Waals surface area contributed by atoms with Gasteiger partial charge in [0.1, 0.15) is 11.1 Å². The van der Waals surface area contributed by atoms with Gasteiger partial charge in [-0.3, -0.25) is 0 Å². The second kappa shape index (κ2) is 10.4. The van der Waals surface area contributed by atoms with Gasteiger partial charge in [-0.2, -0.15) is 0 Å². The van der Waals surface area contributed by atoms with Crippen molar-refractivity contribution in [1.82, 2.24) is 24.2 Å². The maximum absolute atomic E-state index is 13.2. The Bertz CT molecular complexity index is 1330. The first kappa shape index (κ1) is 26.4. The van der Waals surface area contributed by atoms with Crippen LogP contribution in [0.15, 0.2) is 47.6 Å². The third-order valence-corrected chi connectivity index (χ3v) is 9.04. The van der Waals surface area contributed by atoms with E-state index >= 15 is 0 Å². The molecule has 3 heterocycles. The Morgan fingerprint density at radius 2 is 1.94 bits per heavy atom. The van der Waals surface area contributed by atoms with E-state index in [9.17, 15) is 13.2 Å². The summed E-state index contributed by atoms with van der Waals surface area (Å²) >= 11 is 1.69. The molecule has 0 unspecified atom stereocenters. The van der Waals surface area contributed by atoms with Crippen molar-refractivity contribution >= 4 is 39.0 Å². The zero-order valence-corrected chi connectivity index (χ0v) is 22.9. The molecule has 1 amide bonds. The molecule has 2 atom stereocenters. The molecule has 11 heteroatoms. The summed E-state index contributed by atoms with van der Waals surface area (Å²) in [6.45, 7) is 8.79. The van der Waals surface area contributed by atoms with Crippen molar-refractivity contribution in [1.29, 1.82) is 0 Å². The lowest BCUT2D eigenvalue weighted by molar-refractivity contribution is 0.0220. The van der Waals surface area contributed by atoms with Crippen LogP contribution in [-0.2, 0) is 14.8 Å². The molecule has 0 saturated carbocycles. The highest BCUT2D eigenvalue weighted by molar-refractivity contribution is 8.00. The lowest BCUT2D eigenvalue weighted by Gasteiger charge is -2.35. The number of benzene rings is 1. The summed E-state index contributed by atoms with van der Waals surface area (Å²) in [4.78, 5) is 23.7. The van der Waals surface area contributed by atoms with E-state index in [1.54, 1.807) is 53.2 Å². The van der Waals surface area contributed by atoms with Gasteiger partial charge < -0.3 is 15.0 Å². The van der Waals surface area contributed by atoms with E-state index in [0.29, 0.717) is 24.3 Å². The van der Waals surface area contributed by atoms with Crippen LogP contribution in [0.5, 0.6) is 0 Å². The van der Waals surface area contributed by atoms with Crippen molar-refractivity contribution in [2.75, 3.05) is 20.1 Å². The summed E-state index contributed by atoms with van der Waals surface area (Å²) < 4.78 is 33.1. The second-order valence-corrected chi connectivity index (χ2v) is 13.2. The van der Waals surface area contributed by atoms with Crippen molar-refractivity contribution in [2.24, 2.45) is 0 Å². The highest BCUT2D eigenvalue weighted by atomic mass is 32.2. The average Bonchev–Trinajstić information content (AvgIpc) is 3.26. The third-order valence-electron chi connectivity index (χ3n) is 5.84. The topological polar surface area (TPSA) is 106 Å². The van der Waals surface area contributed by atoms with Crippen LogP contribution >= 0.6 is 11.8 Å². The lowest BCUT2D eigenvalue weighted by atomic mass is 10.1. The quantitative estimate of drug-likeness (QED) is 0.469. The number of thioether (sulfide) groups is 1. The molecule has 0 spiro atoms. The normalized spacial score (nSPS) is 17.8. The summed E-state index contributed by atoms with van der Waals surface area (Å²) in [6.07, 6.45) is 4.70. The minimum Gasteiger partial charge on any atom is -0.444 e. The van der Waals surface area contributed by atoms with Gasteiger partial charge >= 0.3 is 6.09 Å². The van der Waals surface area contributed by atoms with Gasteiger partial charge in [0.2, 0.25) is 0 Å². The maximum Gasteiger partial charge on any atom is 0.410 e. The zero-order valence-electron chi connectivity index (χ0n) is 21.3. The number of ether oxygens (including phenoxy) is 1. The summed E-state index contributed by atoms with van der Waals surface area (Å²) in [5, 5.41) is 3.32. The summed E-state index contributed by atoms with van der Waals surface area (Å²) in [6, 6.07) is 8.39.